The Morgan fingerprint density at radius 3 is 2.48 bits per heavy atom. The average molecular weight is 286 g/mol. The van der Waals surface area contributed by atoms with Gasteiger partial charge in [-0.1, -0.05) is 17.3 Å². The number of benzene rings is 1. The van der Waals surface area contributed by atoms with Gasteiger partial charge >= 0.3 is 0 Å². The summed E-state index contributed by atoms with van der Waals surface area (Å²) in [5, 5.41) is 3.82. The third-order valence-corrected chi connectivity index (χ3v) is 3.40. The van der Waals surface area contributed by atoms with Gasteiger partial charge < -0.3 is 20.1 Å². The first-order valence-electron chi connectivity index (χ1n) is 6.41. The van der Waals surface area contributed by atoms with Gasteiger partial charge in [0.05, 0.1) is 6.54 Å². The molecule has 0 radical (unpaired) electrons. The van der Waals surface area contributed by atoms with E-state index >= 15 is 0 Å². The molecule has 7 nitrogen and oxygen atoms in total. The number of carbonyl (C=O) groups is 2. The van der Waals surface area contributed by atoms with Crippen LogP contribution in [-0.2, 0) is 9.59 Å². The molecule has 0 aliphatic carbocycles. The second-order valence-corrected chi connectivity index (χ2v) is 4.89. The average Bonchev–Trinajstić information content (AvgIpc) is 2.90. The highest BCUT2D eigenvalue weighted by Gasteiger charge is 2.28. The maximum atomic E-state index is 12.0. The first-order valence-corrected chi connectivity index (χ1v) is 6.41. The molecule has 1 saturated heterocycles. The van der Waals surface area contributed by atoms with Crippen LogP contribution in [-0.4, -0.2) is 42.0 Å². The summed E-state index contributed by atoms with van der Waals surface area (Å²) in [5.74, 6) is 0.0624. The molecule has 2 aromatic rings. The van der Waals surface area contributed by atoms with Gasteiger partial charge in [-0.15, -0.1) is 0 Å². The summed E-state index contributed by atoms with van der Waals surface area (Å²) in [7, 11) is 1.62. The van der Waals surface area contributed by atoms with E-state index in [1.807, 2.05) is 12.1 Å². The van der Waals surface area contributed by atoms with Gasteiger partial charge in [-0.05, 0) is 12.1 Å². The number of nitrogens with two attached hydrogens (primary N) is 1. The minimum Gasteiger partial charge on any atom is -0.368 e. The van der Waals surface area contributed by atoms with Crippen molar-refractivity contribution in [3.8, 4) is 11.3 Å². The zero-order valence-corrected chi connectivity index (χ0v) is 11.4. The van der Waals surface area contributed by atoms with E-state index in [-0.39, 0.29) is 30.8 Å². The Balaban J connectivity index is 1.84. The minimum absolute atomic E-state index is 0.0611. The highest BCUT2D eigenvalue weighted by atomic mass is 16.5. The lowest BCUT2D eigenvalue weighted by molar-refractivity contribution is -0.136. The van der Waals surface area contributed by atoms with Crippen LogP contribution in [0.25, 0.3) is 11.3 Å². The van der Waals surface area contributed by atoms with Crippen LogP contribution in [0.5, 0.6) is 0 Å². The Morgan fingerprint density at radius 2 is 1.86 bits per heavy atom. The Hall–Kier alpha value is -2.83. The summed E-state index contributed by atoms with van der Waals surface area (Å²) in [6, 6.07) is 8.79. The Kier molecular flexibility index (Phi) is 3.09. The largest absolute Gasteiger partial charge is 0.368 e. The van der Waals surface area contributed by atoms with Crippen LogP contribution < -0.4 is 10.6 Å². The van der Waals surface area contributed by atoms with E-state index in [1.54, 1.807) is 25.2 Å². The summed E-state index contributed by atoms with van der Waals surface area (Å²) < 4.78 is 4.82. The molecule has 1 aromatic carbocycles. The molecule has 0 unspecified atom stereocenters. The monoisotopic (exact) mass is 286 g/mol. The molecule has 0 saturated carbocycles. The second-order valence-electron chi connectivity index (χ2n) is 4.89. The molecule has 0 atom stereocenters. The lowest BCUT2D eigenvalue weighted by Gasteiger charge is -2.31. The molecule has 108 valence electrons. The van der Waals surface area contributed by atoms with Crippen molar-refractivity contribution < 1.29 is 14.1 Å². The molecule has 1 aromatic heterocycles. The number of hydrogen-bond acceptors (Lipinski definition) is 5. The van der Waals surface area contributed by atoms with E-state index < -0.39 is 0 Å². The molecular weight excluding hydrogens is 272 g/mol. The van der Waals surface area contributed by atoms with E-state index in [0.717, 1.165) is 5.56 Å². The zero-order valence-electron chi connectivity index (χ0n) is 11.4. The summed E-state index contributed by atoms with van der Waals surface area (Å²) in [4.78, 5) is 26.6. The van der Waals surface area contributed by atoms with Gasteiger partial charge in [-0.2, -0.15) is 0 Å². The number of nitrogen functional groups attached to an aromatic ring is 1. The number of carbonyl (C=O) groups excluding carboxylic acids is 2. The fourth-order valence-corrected chi connectivity index (χ4v) is 2.19. The summed E-state index contributed by atoms with van der Waals surface area (Å²) in [6.45, 7) is 0.159. The number of piperazine rings is 1. The number of likely N-dealkylation sites (N-methyl/N-ethyl adjacent to an activating group) is 1. The molecule has 2 N–H and O–H groups in total. The molecule has 0 spiro atoms. The molecule has 1 aliphatic heterocycles. The highest BCUT2D eigenvalue weighted by molar-refractivity contribution is 6.04. The summed E-state index contributed by atoms with van der Waals surface area (Å²) in [5.41, 5.74) is 7.62. The number of hydrogen-bond donors (Lipinski definition) is 1. The van der Waals surface area contributed by atoms with E-state index in [9.17, 15) is 9.59 Å². The maximum absolute atomic E-state index is 12.0. The Morgan fingerprint density at radius 1 is 1.14 bits per heavy atom. The third-order valence-electron chi connectivity index (χ3n) is 3.40. The van der Waals surface area contributed by atoms with Gasteiger partial charge in [0.15, 0.2) is 0 Å². The van der Waals surface area contributed by atoms with Crippen molar-refractivity contribution in [2.24, 2.45) is 0 Å². The molecule has 1 aliphatic rings. The zero-order chi connectivity index (χ0) is 15.0. The predicted molar refractivity (Wildman–Crippen MR) is 76.3 cm³/mol. The van der Waals surface area contributed by atoms with E-state index in [0.29, 0.717) is 11.4 Å². The van der Waals surface area contributed by atoms with Crippen LogP contribution in [0.15, 0.2) is 34.9 Å². The number of amides is 2. The van der Waals surface area contributed by atoms with Gasteiger partial charge in [0, 0.05) is 24.4 Å². The van der Waals surface area contributed by atoms with Crippen molar-refractivity contribution in [3.63, 3.8) is 0 Å². The first kappa shape index (κ1) is 13.2. The number of aromatic nitrogens is 1. The van der Waals surface area contributed by atoms with E-state index in [1.165, 1.54) is 9.80 Å². The van der Waals surface area contributed by atoms with Crippen molar-refractivity contribution in [1.82, 2.24) is 10.1 Å². The Labute approximate surface area is 120 Å². The molecule has 0 bridgehead atoms. The van der Waals surface area contributed by atoms with Crippen LogP contribution in [0.4, 0.5) is 11.6 Å². The smallest absolute Gasteiger partial charge is 0.247 e. The molecule has 7 heteroatoms. The topological polar surface area (TPSA) is 92.7 Å². The van der Waals surface area contributed by atoms with Crippen molar-refractivity contribution in [1.29, 1.82) is 0 Å². The number of rotatable bonds is 2. The van der Waals surface area contributed by atoms with Gasteiger partial charge in [0.1, 0.15) is 12.2 Å². The molecule has 21 heavy (non-hydrogen) atoms. The molecule has 2 heterocycles. The van der Waals surface area contributed by atoms with Crippen molar-refractivity contribution >= 4 is 23.4 Å². The van der Waals surface area contributed by atoms with E-state index in [2.05, 4.69) is 5.16 Å². The lowest BCUT2D eigenvalue weighted by atomic mass is 10.1. The van der Waals surface area contributed by atoms with Crippen LogP contribution in [0.2, 0.25) is 0 Å². The fourth-order valence-electron chi connectivity index (χ4n) is 2.19. The molecule has 3 rings (SSSR count). The van der Waals surface area contributed by atoms with Gasteiger partial charge in [0.2, 0.25) is 17.7 Å². The lowest BCUT2D eigenvalue weighted by Crippen LogP contribution is -2.52. The third kappa shape index (κ3) is 2.45. The molecule has 2 amide bonds. The standard InChI is InChI=1S/C14H14N4O3/c1-17-7-14(20)18(8-13(17)19)10-4-2-9(3-5-10)11-6-12(15)21-16-11/h2-6H,7-8,15H2,1H3. The quantitative estimate of drug-likeness (QED) is 0.878. The summed E-state index contributed by atoms with van der Waals surface area (Å²) in [6.07, 6.45) is 0. The molecule has 1 fully saturated rings. The number of anilines is 2. The maximum Gasteiger partial charge on any atom is 0.247 e. The van der Waals surface area contributed by atoms with E-state index in [4.69, 9.17) is 10.3 Å². The van der Waals surface area contributed by atoms with Crippen molar-refractivity contribution in [2.45, 2.75) is 0 Å². The predicted octanol–water partition coefficient (Wildman–Crippen LogP) is 0.729. The second kappa shape index (κ2) is 4.93. The minimum atomic E-state index is -0.101. The Bertz CT molecular complexity index is 692. The van der Waals surface area contributed by atoms with Gasteiger partial charge in [-0.25, -0.2) is 0 Å². The van der Waals surface area contributed by atoms with Crippen LogP contribution >= 0.6 is 0 Å². The van der Waals surface area contributed by atoms with Gasteiger partial charge in [0.25, 0.3) is 0 Å². The van der Waals surface area contributed by atoms with Gasteiger partial charge in [-0.3, -0.25) is 9.59 Å². The number of nitrogens with zero attached hydrogens (tertiary/aromatic N) is 3. The fraction of sp³-hybridized carbons (Fsp3) is 0.214. The van der Waals surface area contributed by atoms with Crippen LogP contribution in [0.3, 0.4) is 0 Å². The molecular formula is C14H14N4O3. The SMILES string of the molecule is CN1CC(=O)N(c2ccc(-c3cc(N)on3)cc2)CC1=O. The van der Waals surface area contributed by atoms with Crippen LogP contribution in [0.1, 0.15) is 0 Å². The summed E-state index contributed by atoms with van der Waals surface area (Å²) >= 11 is 0. The first-order chi connectivity index (χ1) is 10.0. The highest BCUT2D eigenvalue weighted by Crippen LogP contribution is 2.24. The van der Waals surface area contributed by atoms with Crippen molar-refractivity contribution in [2.75, 3.05) is 30.8 Å². The normalized spacial score (nSPS) is 15.7. The van der Waals surface area contributed by atoms with Crippen LogP contribution in [0, 0.1) is 0 Å². The van der Waals surface area contributed by atoms with Crippen molar-refractivity contribution in [3.05, 3.63) is 30.3 Å².